The third kappa shape index (κ3) is 2.81. The van der Waals surface area contributed by atoms with E-state index in [0.29, 0.717) is 29.0 Å². The predicted octanol–water partition coefficient (Wildman–Crippen LogP) is 3.77. The van der Waals surface area contributed by atoms with Crippen molar-refractivity contribution in [3.8, 4) is 0 Å². The monoisotopic (exact) mass is 325 g/mol. The molecule has 3 unspecified atom stereocenters. The Bertz CT molecular complexity index is 535. The molecule has 21 heavy (non-hydrogen) atoms. The van der Waals surface area contributed by atoms with Gasteiger partial charge in [0.05, 0.1) is 25.3 Å². The number of benzene rings is 1. The van der Waals surface area contributed by atoms with E-state index in [0.717, 1.165) is 18.4 Å². The Morgan fingerprint density at radius 2 is 2.05 bits per heavy atom. The molecule has 2 aliphatic heterocycles. The van der Waals surface area contributed by atoms with Gasteiger partial charge in [0.1, 0.15) is 0 Å². The number of rotatable bonds is 3. The standard InChI is InChI=1S/C16H20ClNO2S/c1-10(21-2)14-6-3-11(7-15(14)17)16(19)18-12-4-5-13(18)9-20-8-12/h3,6-7,10,12-13H,4-5,8-9H2,1-2H3. The lowest BCUT2D eigenvalue weighted by Crippen LogP contribution is -2.49. The molecule has 3 nitrogen and oxygen atoms in total. The number of ether oxygens (including phenoxy) is 1. The lowest BCUT2D eigenvalue weighted by Gasteiger charge is -2.34. The molecule has 2 saturated heterocycles. The van der Waals surface area contributed by atoms with Gasteiger partial charge in [-0.1, -0.05) is 17.7 Å². The molecule has 2 heterocycles. The van der Waals surface area contributed by atoms with Crippen molar-refractivity contribution in [1.29, 1.82) is 0 Å². The summed E-state index contributed by atoms with van der Waals surface area (Å²) in [6, 6.07) is 6.19. The van der Waals surface area contributed by atoms with Gasteiger partial charge in [-0.3, -0.25) is 4.79 Å². The van der Waals surface area contributed by atoms with Gasteiger partial charge < -0.3 is 9.64 Å². The smallest absolute Gasteiger partial charge is 0.254 e. The minimum atomic E-state index is 0.0936. The zero-order valence-corrected chi connectivity index (χ0v) is 13.9. The van der Waals surface area contributed by atoms with E-state index in [1.807, 2.05) is 23.1 Å². The Hall–Kier alpha value is -0.710. The number of amides is 1. The van der Waals surface area contributed by atoms with Crippen LogP contribution in [0.25, 0.3) is 0 Å². The lowest BCUT2D eigenvalue weighted by molar-refractivity contribution is -0.00715. The Labute approximate surface area is 135 Å². The van der Waals surface area contributed by atoms with Crippen LogP contribution >= 0.6 is 23.4 Å². The van der Waals surface area contributed by atoms with Crippen molar-refractivity contribution in [3.05, 3.63) is 34.3 Å². The highest BCUT2D eigenvalue weighted by Crippen LogP contribution is 2.34. The van der Waals surface area contributed by atoms with Crippen LogP contribution in [0.4, 0.5) is 0 Å². The quantitative estimate of drug-likeness (QED) is 0.847. The van der Waals surface area contributed by atoms with Gasteiger partial charge in [-0.05, 0) is 43.7 Å². The highest BCUT2D eigenvalue weighted by molar-refractivity contribution is 7.98. The van der Waals surface area contributed by atoms with Crippen LogP contribution in [0.5, 0.6) is 0 Å². The molecule has 0 saturated carbocycles. The number of carbonyl (C=O) groups is 1. The minimum absolute atomic E-state index is 0.0936. The molecule has 1 amide bonds. The summed E-state index contributed by atoms with van der Waals surface area (Å²) in [7, 11) is 0. The van der Waals surface area contributed by atoms with Gasteiger partial charge in [0, 0.05) is 15.8 Å². The molecule has 0 radical (unpaired) electrons. The predicted molar refractivity (Wildman–Crippen MR) is 87.2 cm³/mol. The molecular weight excluding hydrogens is 306 g/mol. The fraction of sp³-hybridized carbons (Fsp3) is 0.562. The van der Waals surface area contributed by atoms with Crippen LogP contribution in [-0.4, -0.2) is 42.4 Å². The van der Waals surface area contributed by atoms with Crippen LogP contribution in [0, 0.1) is 0 Å². The van der Waals surface area contributed by atoms with Crippen LogP contribution in [0.15, 0.2) is 18.2 Å². The Morgan fingerprint density at radius 3 is 2.62 bits per heavy atom. The molecule has 0 aliphatic carbocycles. The number of hydrogen-bond donors (Lipinski definition) is 0. The van der Waals surface area contributed by atoms with Crippen molar-refractivity contribution in [1.82, 2.24) is 4.90 Å². The van der Waals surface area contributed by atoms with Gasteiger partial charge in [0.25, 0.3) is 5.91 Å². The second kappa shape index (κ2) is 6.19. The molecule has 0 aromatic heterocycles. The maximum atomic E-state index is 12.8. The third-order valence-corrected chi connectivity index (χ3v) is 5.80. The number of fused-ring (bicyclic) bond motifs is 2. The van der Waals surface area contributed by atoms with Crippen molar-refractivity contribution in [2.45, 2.75) is 37.1 Å². The zero-order valence-electron chi connectivity index (χ0n) is 12.3. The van der Waals surface area contributed by atoms with Crippen LogP contribution in [0.2, 0.25) is 5.02 Å². The normalized spacial score (nSPS) is 26.0. The van der Waals surface area contributed by atoms with Gasteiger partial charge in [0.2, 0.25) is 0 Å². The maximum absolute atomic E-state index is 12.8. The highest BCUT2D eigenvalue weighted by Gasteiger charge is 2.40. The first-order valence-electron chi connectivity index (χ1n) is 7.34. The number of morpholine rings is 1. The lowest BCUT2D eigenvalue weighted by atomic mass is 10.1. The van der Waals surface area contributed by atoms with E-state index in [1.54, 1.807) is 11.8 Å². The van der Waals surface area contributed by atoms with E-state index in [9.17, 15) is 4.79 Å². The second-order valence-corrected chi connectivity index (χ2v) is 7.33. The molecule has 0 N–H and O–H groups in total. The number of nitrogens with zero attached hydrogens (tertiary/aromatic N) is 1. The Balaban J connectivity index is 1.84. The Kier molecular flexibility index (Phi) is 4.48. The molecule has 3 rings (SSSR count). The van der Waals surface area contributed by atoms with Crippen LogP contribution in [0.3, 0.4) is 0 Å². The largest absolute Gasteiger partial charge is 0.377 e. The van der Waals surface area contributed by atoms with Gasteiger partial charge in [-0.25, -0.2) is 0 Å². The summed E-state index contributed by atoms with van der Waals surface area (Å²) in [6.45, 7) is 3.45. The number of thioether (sulfide) groups is 1. The molecule has 1 aromatic rings. The summed E-state index contributed by atoms with van der Waals surface area (Å²) in [5.74, 6) is 0.0936. The summed E-state index contributed by atoms with van der Waals surface area (Å²) >= 11 is 8.11. The first-order chi connectivity index (χ1) is 10.1. The molecule has 2 aliphatic rings. The third-order valence-electron chi connectivity index (χ3n) is 4.51. The minimum Gasteiger partial charge on any atom is -0.377 e. The molecule has 1 aromatic carbocycles. The molecule has 114 valence electrons. The van der Waals surface area contributed by atoms with Crippen molar-refractivity contribution in [3.63, 3.8) is 0 Å². The van der Waals surface area contributed by atoms with Crippen LogP contribution < -0.4 is 0 Å². The number of halogens is 1. The SMILES string of the molecule is CSC(C)c1ccc(C(=O)N2C3CCC2COC3)cc1Cl. The highest BCUT2D eigenvalue weighted by atomic mass is 35.5. The second-order valence-electron chi connectivity index (χ2n) is 5.75. The van der Waals surface area contributed by atoms with Crippen LogP contribution in [-0.2, 0) is 4.74 Å². The molecule has 2 fully saturated rings. The molecule has 5 heteroatoms. The molecule has 2 bridgehead atoms. The van der Waals surface area contributed by atoms with E-state index in [4.69, 9.17) is 16.3 Å². The topological polar surface area (TPSA) is 29.5 Å². The van der Waals surface area contributed by atoms with E-state index in [2.05, 4.69) is 13.2 Å². The average molecular weight is 326 g/mol. The summed E-state index contributed by atoms with van der Waals surface area (Å²) in [4.78, 5) is 14.8. The fourth-order valence-electron chi connectivity index (χ4n) is 3.23. The fourth-order valence-corrected chi connectivity index (χ4v) is 4.09. The van der Waals surface area contributed by atoms with Crippen molar-refractivity contribution < 1.29 is 9.53 Å². The summed E-state index contributed by atoms with van der Waals surface area (Å²) in [5.41, 5.74) is 1.78. The van der Waals surface area contributed by atoms with Gasteiger partial charge >= 0.3 is 0 Å². The first kappa shape index (κ1) is 15.2. The number of hydrogen-bond acceptors (Lipinski definition) is 3. The molecular formula is C16H20ClNO2S. The van der Waals surface area contributed by atoms with Gasteiger partial charge in [0.15, 0.2) is 0 Å². The van der Waals surface area contributed by atoms with Crippen molar-refractivity contribution in [2.75, 3.05) is 19.5 Å². The maximum Gasteiger partial charge on any atom is 0.254 e. The van der Waals surface area contributed by atoms with E-state index < -0.39 is 0 Å². The van der Waals surface area contributed by atoms with Crippen LogP contribution in [0.1, 0.15) is 40.9 Å². The molecule has 3 atom stereocenters. The summed E-state index contributed by atoms with van der Waals surface area (Å²) in [5, 5.41) is 1.02. The van der Waals surface area contributed by atoms with E-state index >= 15 is 0 Å². The zero-order chi connectivity index (χ0) is 15.0. The van der Waals surface area contributed by atoms with Gasteiger partial charge in [-0.2, -0.15) is 11.8 Å². The average Bonchev–Trinajstić information content (AvgIpc) is 2.74. The van der Waals surface area contributed by atoms with E-state index in [-0.39, 0.29) is 18.0 Å². The van der Waals surface area contributed by atoms with E-state index in [1.165, 1.54) is 0 Å². The summed E-state index contributed by atoms with van der Waals surface area (Å²) < 4.78 is 5.54. The Morgan fingerprint density at radius 1 is 1.38 bits per heavy atom. The summed E-state index contributed by atoms with van der Waals surface area (Å²) in [6.07, 6.45) is 4.16. The van der Waals surface area contributed by atoms with Gasteiger partial charge in [-0.15, -0.1) is 0 Å². The first-order valence-corrected chi connectivity index (χ1v) is 9.01. The van der Waals surface area contributed by atoms with Crippen molar-refractivity contribution >= 4 is 29.3 Å². The number of carbonyl (C=O) groups excluding carboxylic acids is 1. The van der Waals surface area contributed by atoms with Crippen molar-refractivity contribution in [2.24, 2.45) is 0 Å². The molecule has 0 spiro atoms.